The summed E-state index contributed by atoms with van der Waals surface area (Å²) in [5, 5.41) is 8.74. The fourth-order valence-corrected chi connectivity index (χ4v) is 5.16. The molecule has 1 aliphatic rings. The van der Waals surface area contributed by atoms with Crippen molar-refractivity contribution in [2.24, 2.45) is 5.92 Å². The van der Waals surface area contributed by atoms with E-state index < -0.39 is 0 Å². The Labute approximate surface area is 185 Å². The van der Waals surface area contributed by atoms with Gasteiger partial charge < -0.3 is 10.2 Å². The lowest BCUT2D eigenvalue weighted by Crippen LogP contribution is -2.40. The minimum absolute atomic E-state index is 0.0482. The Morgan fingerprint density at radius 2 is 1.97 bits per heavy atom. The second-order valence-electron chi connectivity index (χ2n) is 8.13. The highest BCUT2D eigenvalue weighted by Crippen LogP contribution is 2.34. The van der Waals surface area contributed by atoms with Crippen LogP contribution in [0.25, 0.3) is 16.0 Å². The zero-order chi connectivity index (χ0) is 21.4. The number of hydrogen-bond acceptors (Lipinski definition) is 5. The topological polar surface area (TPSA) is 63.1 Å². The number of fused-ring (bicyclic) bond motifs is 1. The number of thiazole rings is 1. The quantitative estimate of drug-likeness (QED) is 0.496. The van der Waals surface area contributed by atoms with Crippen LogP contribution in [0.15, 0.2) is 54.6 Å². The molecule has 0 saturated carbocycles. The molecule has 4 aromatic rings. The monoisotopic (exact) mass is 431 g/mol. The van der Waals surface area contributed by atoms with E-state index in [2.05, 4.69) is 15.3 Å². The largest absolute Gasteiger partial charge is 0.347 e. The van der Waals surface area contributed by atoms with Crippen LogP contribution in [-0.4, -0.2) is 33.8 Å². The van der Waals surface area contributed by atoms with Crippen LogP contribution in [0.2, 0.25) is 0 Å². The third-order valence-corrected chi connectivity index (χ3v) is 6.94. The van der Waals surface area contributed by atoms with Gasteiger partial charge in [0.05, 0.1) is 22.0 Å². The van der Waals surface area contributed by atoms with Crippen molar-refractivity contribution in [2.45, 2.75) is 26.7 Å². The van der Waals surface area contributed by atoms with Crippen LogP contribution in [0.4, 0.5) is 10.8 Å². The molecule has 0 aliphatic carbocycles. The van der Waals surface area contributed by atoms with Crippen LogP contribution < -0.4 is 10.2 Å². The normalized spacial score (nSPS) is 16.6. The van der Waals surface area contributed by atoms with Crippen LogP contribution in [0.1, 0.15) is 24.1 Å². The van der Waals surface area contributed by atoms with Gasteiger partial charge in [-0.05, 0) is 56.5 Å². The Kier molecular flexibility index (Phi) is 5.19. The molecule has 158 valence electrons. The van der Waals surface area contributed by atoms with E-state index in [1.807, 2.05) is 73.1 Å². The predicted octanol–water partition coefficient (Wildman–Crippen LogP) is 4.95. The lowest BCUT2D eigenvalue weighted by molar-refractivity contribution is -0.120. The van der Waals surface area contributed by atoms with Crippen molar-refractivity contribution >= 4 is 38.4 Å². The number of para-hydroxylation sites is 1. The molecule has 6 nitrogen and oxygen atoms in total. The van der Waals surface area contributed by atoms with Crippen LogP contribution in [0.3, 0.4) is 0 Å². The predicted molar refractivity (Wildman–Crippen MR) is 126 cm³/mol. The van der Waals surface area contributed by atoms with E-state index in [0.29, 0.717) is 6.54 Å². The minimum Gasteiger partial charge on any atom is -0.347 e. The molecule has 2 aromatic carbocycles. The van der Waals surface area contributed by atoms with Gasteiger partial charge in [0.25, 0.3) is 0 Å². The number of carbonyl (C=O) groups excluding carboxylic acids is 1. The van der Waals surface area contributed by atoms with Gasteiger partial charge in [-0.1, -0.05) is 41.7 Å². The van der Waals surface area contributed by atoms with Gasteiger partial charge in [0.1, 0.15) is 0 Å². The molecule has 1 unspecified atom stereocenters. The second kappa shape index (κ2) is 8.15. The highest BCUT2D eigenvalue weighted by atomic mass is 32.1. The third-order valence-electron chi connectivity index (χ3n) is 5.73. The standard InChI is InChI=1S/C24H25N5OS/c1-16-8-6-10-19(14-16)25-23(30)18-9-7-13-28(15-18)24-26-22-21(31-24)17(2)27-29(22)20-11-4-3-5-12-20/h3-6,8,10-12,14,18H,7,9,13,15H2,1-2H3,(H,25,30). The maximum atomic E-state index is 12.9. The number of amides is 1. The molecule has 31 heavy (non-hydrogen) atoms. The number of aryl methyl sites for hydroxylation is 2. The van der Waals surface area contributed by atoms with Crippen LogP contribution in [-0.2, 0) is 4.79 Å². The molecule has 2 aromatic heterocycles. The first-order chi connectivity index (χ1) is 15.1. The summed E-state index contributed by atoms with van der Waals surface area (Å²) < 4.78 is 3.02. The van der Waals surface area contributed by atoms with Crippen molar-refractivity contribution < 1.29 is 4.79 Å². The summed E-state index contributed by atoms with van der Waals surface area (Å²) in [6.45, 7) is 5.66. The summed E-state index contributed by atoms with van der Waals surface area (Å²) in [5.41, 5.74) is 4.87. The maximum Gasteiger partial charge on any atom is 0.229 e. The smallest absolute Gasteiger partial charge is 0.229 e. The summed E-state index contributed by atoms with van der Waals surface area (Å²) in [6.07, 6.45) is 1.88. The molecule has 7 heteroatoms. The molecule has 1 atom stereocenters. The van der Waals surface area contributed by atoms with Crippen molar-refractivity contribution in [1.82, 2.24) is 14.8 Å². The Morgan fingerprint density at radius 3 is 2.77 bits per heavy atom. The molecule has 0 bridgehead atoms. The zero-order valence-electron chi connectivity index (χ0n) is 17.7. The number of aromatic nitrogens is 3. The molecule has 1 amide bonds. The Balaban J connectivity index is 1.37. The van der Waals surface area contributed by atoms with E-state index >= 15 is 0 Å². The Hall–Kier alpha value is -3.19. The average Bonchev–Trinajstić information content (AvgIpc) is 3.35. The number of nitrogens with one attached hydrogen (secondary N) is 1. The summed E-state index contributed by atoms with van der Waals surface area (Å²) >= 11 is 1.67. The highest BCUT2D eigenvalue weighted by molar-refractivity contribution is 7.22. The Morgan fingerprint density at radius 1 is 1.13 bits per heavy atom. The van der Waals surface area contributed by atoms with Gasteiger partial charge in [-0.3, -0.25) is 4.79 Å². The molecule has 0 spiro atoms. The first-order valence-corrected chi connectivity index (χ1v) is 11.4. The number of anilines is 2. The van der Waals surface area contributed by atoms with Crippen LogP contribution >= 0.6 is 11.3 Å². The van der Waals surface area contributed by atoms with E-state index in [1.165, 1.54) is 0 Å². The first-order valence-electron chi connectivity index (χ1n) is 10.6. The zero-order valence-corrected chi connectivity index (χ0v) is 18.5. The second-order valence-corrected chi connectivity index (χ2v) is 9.10. The molecule has 1 saturated heterocycles. The summed E-state index contributed by atoms with van der Waals surface area (Å²) in [5.74, 6) is 0.0380. The maximum absolute atomic E-state index is 12.9. The SMILES string of the molecule is Cc1cccc(NC(=O)C2CCCN(c3nc4c(s3)c(C)nn4-c3ccccc3)C2)c1. The van der Waals surface area contributed by atoms with Gasteiger partial charge in [-0.15, -0.1) is 0 Å². The van der Waals surface area contributed by atoms with Crippen molar-refractivity contribution in [2.75, 3.05) is 23.3 Å². The molecule has 1 N–H and O–H groups in total. The number of benzene rings is 2. The highest BCUT2D eigenvalue weighted by Gasteiger charge is 2.28. The van der Waals surface area contributed by atoms with Crippen molar-refractivity contribution in [1.29, 1.82) is 0 Å². The van der Waals surface area contributed by atoms with Crippen molar-refractivity contribution in [3.63, 3.8) is 0 Å². The van der Waals surface area contributed by atoms with Crippen molar-refractivity contribution in [3.05, 3.63) is 65.9 Å². The van der Waals surface area contributed by atoms with Gasteiger partial charge in [-0.25, -0.2) is 4.68 Å². The minimum atomic E-state index is -0.0482. The van der Waals surface area contributed by atoms with E-state index in [1.54, 1.807) is 11.3 Å². The van der Waals surface area contributed by atoms with E-state index in [-0.39, 0.29) is 11.8 Å². The first kappa shape index (κ1) is 19.8. The van der Waals surface area contributed by atoms with Gasteiger partial charge in [0.2, 0.25) is 5.91 Å². The molecule has 1 fully saturated rings. The fraction of sp³-hybridized carbons (Fsp3) is 0.292. The van der Waals surface area contributed by atoms with Gasteiger partial charge in [0, 0.05) is 18.8 Å². The lowest BCUT2D eigenvalue weighted by atomic mass is 9.97. The number of carbonyl (C=O) groups is 1. The third kappa shape index (κ3) is 3.93. The van der Waals surface area contributed by atoms with Gasteiger partial charge >= 0.3 is 0 Å². The summed E-state index contributed by atoms with van der Waals surface area (Å²) in [7, 11) is 0. The summed E-state index contributed by atoms with van der Waals surface area (Å²) in [4.78, 5) is 20.1. The van der Waals surface area contributed by atoms with Gasteiger partial charge in [-0.2, -0.15) is 10.1 Å². The average molecular weight is 432 g/mol. The van der Waals surface area contributed by atoms with Crippen molar-refractivity contribution in [3.8, 4) is 5.69 Å². The van der Waals surface area contributed by atoms with Crippen LogP contribution in [0.5, 0.6) is 0 Å². The van der Waals surface area contributed by atoms with E-state index in [4.69, 9.17) is 4.98 Å². The van der Waals surface area contributed by atoms with E-state index in [0.717, 1.165) is 57.5 Å². The fourth-order valence-electron chi connectivity index (χ4n) is 4.14. The number of nitrogens with zero attached hydrogens (tertiary/aromatic N) is 4. The molecule has 5 rings (SSSR count). The van der Waals surface area contributed by atoms with Gasteiger partial charge in [0.15, 0.2) is 10.8 Å². The Bertz CT molecular complexity index is 1230. The molecular weight excluding hydrogens is 406 g/mol. The number of piperidine rings is 1. The van der Waals surface area contributed by atoms with E-state index in [9.17, 15) is 4.79 Å². The number of rotatable bonds is 4. The molecular formula is C24H25N5OS. The summed E-state index contributed by atoms with van der Waals surface area (Å²) in [6, 6.07) is 18.0. The number of hydrogen-bond donors (Lipinski definition) is 1. The molecule has 0 radical (unpaired) electrons. The lowest BCUT2D eigenvalue weighted by Gasteiger charge is -2.31. The molecule has 1 aliphatic heterocycles. The van der Waals surface area contributed by atoms with Crippen LogP contribution in [0, 0.1) is 19.8 Å². The molecule has 3 heterocycles.